The molecule has 0 bridgehead atoms. The van der Waals surface area contributed by atoms with Crippen molar-refractivity contribution >= 4 is 11.9 Å². The molecule has 0 saturated heterocycles. The predicted octanol–water partition coefficient (Wildman–Crippen LogP) is 2.15. The van der Waals surface area contributed by atoms with Gasteiger partial charge in [-0.1, -0.05) is 18.2 Å². The second kappa shape index (κ2) is 5.96. The molecule has 80 valence electrons. The zero-order valence-corrected chi connectivity index (χ0v) is 8.52. The smallest absolute Gasteiger partial charge is 0.338 e. The first kappa shape index (κ1) is 11.4. The average molecular weight is 206 g/mol. The van der Waals surface area contributed by atoms with Crippen molar-refractivity contribution in [3.8, 4) is 0 Å². The van der Waals surface area contributed by atoms with Crippen LogP contribution in [0.4, 0.5) is 0 Å². The molecule has 0 aromatic carbocycles. The van der Waals surface area contributed by atoms with Crippen LogP contribution in [-0.4, -0.2) is 11.9 Å². The van der Waals surface area contributed by atoms with Gasteiger partial charge in [-0.15, -0.1) is 6.58 Å². The van der Waals surface area contributed by atoms with E-state index in [1.165, 1.54) is 19.3 Å². The number of allylic oxidation sites excluding steroid dienone is 3. The molecule has 0 radical (unpaired) electrons. The Morgan fingerprint density at radius 2 is 1.93 bits per heavy atom. The summed E-state index contributed by atoms with van der Waals surface area (Å²) in [4.78, 5) is 19.8. The topological polar surface area (TPSA) is 43.4 Å². The van der Waals surface area contributed by atoms with Gasteiger partial charge in [0.15, 0.2) is 0 Å². The first-order valence-electron chi connectivity index (χ1n) is 4.94. The molecule has 0 fully saturated rings. The van der Waals surface area contributed by atoms with Gasteiger partial charge < -0.3 is 4.74 Å². The molecule has 15 heavy (non-hydrogen) atoms. The maximum absolute atomic E-state index is 9.92. The summed E-state index contributed by atoms with van der Waals surface area (Å²) in [6.07, 6.45) is 12.5. The lowest BCUT2D eigenvalue weighted by molar-refractivity contribution is -0.150. The van der Waals surface area contributed by atoms with E-state index in [-0.39, 0.29) is 0 Å². The molecule has 1 aliphatic carbocycles. The largest absolute Gasteiger partial charge is 0.387 e. The highest BCUT2D eigenvalue weighted by Crippen LogP contribution is 2.17. The van der Waals surface area contributed by atoms with Gasteiger partial charge in [-0.2, -0.15) is 0 Å². The number of cyclic esters (lactones) is 2. The molecule has 0 spiro atoms. The van der Waals surface area contributed by atoms with Crippen LogP contribution in [-0.2, 0) is 14.3 Å². The number of esters is 2. The van der Waals surface area contributed by atoms with Crippen LogP contribution in [0.5, 0.6) is 0 Å². The monoisotopic (exact) mass is 206 g/mol. The molecule has 2 rings (SSSR count). The standard InChI is InChI=1S/C8H12.C4H2O3/c1-2-8-6-4-3-5-7-8;5-3-1-2-4(6)7-3/h2-4,8H,1,5-7H2;1-2H. The third-order valence-corrected chi connectivity index (χ3v) is 2.20. The van der Waals surface area contributed by atoms with Gasteiger partial charge in [-0.05, 0) is 25.2 Å². The number of carbonyl (C=O) groups is 2. The van der Waals surface area contributed by atoms with Crippen molar-refractivity contribution in [1.82, 2.24) is 0 Å². The Bertz CT molecular complexity index is 297. The molecule has 1 unspecified atom stereocenters. The van der Waals surface area contributed by atoms with Crippen LogP contribution in [0.3, 0.4) is 0 Å². The van der Waals surface area contributed by atoms with Gasteiger partial charge in [0.05, 0.1) is 0 Å². The van der Waals surface area contributed by atoms with Crippen LogP contribution in [0.1, 0.15) is 19.3 Å². The minimum absolute atomic E-state index is 0.579. The summed E-state index contributed by atoms with van der Waals surface area (Å²) in [7, 11) is 0. The molecular formula is C12H14O3. The van der Waals surface area contributed by atoms with Gasteiger partial charge >= 0.3 is 11.9 Å². The van der Waals surface area contributed by atoms with Crippen molar-refractivity contribution in [2.45, 2.75) is 19.3 Å². The van der Waals surface area contributed by atoms with E-state index in [2.05, 4.69) is 29.5 Å². The van der Waals surface area contributed by atoms with Crippen molar-refractivity contribution in [2.75, 3.05) is 0 Å². The predicted molar refractivity (Wildman–Crippen MR) is 56.9 cm³/mol. The fourth-order valence-corrected chi connectivity index (χ4v) is 1.33. The van der Waals surface area contributed by atoms with Gasteiger partial charge in [0.25, 0.3) is 0 Å². The highest BCUT2D eigenvalue weighted by molar-refractivity contribution is 6.04. The van der Waals surface area contributed by atoms with Gasteiger partial charge in [0.1, 0.15) is 0 Å². The highest BCUT2D eigenvalue weighted by Gasteiger charge is 2.10. The van der Waals surface area contributed by atoms with E-state index in [1.807, 2.05) is 0 Å². The van der Waals surface area contributed by atoms with E-state index in [1.54, 1.807) is 0 Å². The summed E-state index contributed by atoms with van der Waals surface area (Å²) in [5.41, 5.74) is 0. The van der Waals surface area contributed by atoms with Crippen LogP contribution >= 0.6 is 0 Å². The third kappa shape index (κ3) is 4.40. The molecule has 0 saturated carbocycles. The Kier molecular flexibility index (Phi) is 4.54. The maximum Gasteiger partial charge on any atom is 0.338 e. The van der Waals surface area contributed by atoms with Crippen molar-refractivity contribution in [3.05, 3.63) is 37.0 Å². The van der Waals surface area contributed by atoms with Crippen LogP contribution < -0.4 is 0 Å². The van der Waals surface area contributed by atoms with Gasteiger partial charge in [-0.25, -0.2) is 9.59 Å². The number of hydrogen-bond acceptors (Lipinski definition) is 3. The number of carbonyl (C=O) groups excluding carboxylic acids is 2. The van der Waals surface area contributed by atoms with Crippen molar-refractivity contribution < 1.29 is 14.3 Å². The zero-order chi connectivity index (χ0) is 11.1. The summed E-state index contributed by atoms with van der Waals surface area (Å²) in [6, 6.07) is 0. The third-order valence-electron chi connectivity index (χ3n) is 2.20. The molecule has 2 aliphatic rings. The molecular weight excluding hydrogens is 192 g/mol. The Balaban J connectivity index is 0.000000151. The Hall–Kier alpha value is -1.64. The summed E-state index contributed by atoms with van der Waals surface area (Å²) in [5, 5.41) is 0. The SMILES string of the molecule is C=CC1CC=CCC1.O=C1C=CC(=O)O1. The van der Waals surface area contributed by atoms with Gasteiger partial charge in [0, 0.05) is 12.2 Å². The molecule has 3 nitrogen and oxygen atoms in total. The fourth-order valence-electron chi connectivity index (χ4n) is 1.33. The van der Waals surface area contributed by atoms with E-state index in [0.717, 1.165) is 18.1 Å². The second-order valence-electron chi connectivity index (χ2n) is 3.35. The molecule has 0 aromatic rings. The van der Waals surface area contributed by atoms with Gasteiger partial charge in [-0.3, -0.25) is 0 Å². The van der Waals surface area contributed by atoms with E-state index in [9.17, 15) is 9.59 Å². The zero-order valence-electron chi connectivity index (χ0n) is 8.52. The maximum atomic E-state index is 9.92. The number of hydrogen-bond donors (Lipinski definition) is 0. The summed E-state index contributed by atoms with van der Waals surface area (Å²) >= 11 is 0. The van der Waals surface area contributed by atoms with Crippen molar-refractivity contribution in [2.24, 2.45) is 5.92 Å². The fraction of sp³-hybridized carbons (Fsp3) is 0.333. The van der Waals surface area contributed by atoms with Crippen molar-refractivity contribution in [1.29, 1.82) is 0 Å². The lowest BCUT2D eigenvalue weighted by Gasteiger charge is -2.11. The van der Waals surface area contributed by atoms with Crippen LogP contribution in [0.2, 0.25) is 0 Å². The summed E-state index contributed by atoms with van der Waals surface area (Å²) < 4.78 is 3.97. The molecule has 1 aliphatic heterocycles. The Morgan fingerprint density at radius 3 is 2.20 bits per heavy atom. The minimum Gasteiger partial charge on any atom is -0.387 e. The lowest BCUT2D eigenvalue weighted by atomic mass is 9.95. The van der Waals surface area contributed by atoms with E-state index < -0.39 is 11.9 Å². The lowest BCUT2D eigenvalue weighted by Crippen LogP contribution is -1.96. The van der Waals surface area contributed by atoms with E-state index in [4.69, 9.17) is 0 Å². The number of rotatable bonds is 1. The first-order valence-corrected chi connectivity index (χ1v) is 4.94. The quantitative estimate of drug-likeness (QED) is 0.375. The van der Waals surface area contributed by atoms with Crippen LogP contribution in [0, 0.1) is 5.92 Å². The number of ether oxygens (including phenoxy) is 1. The molecule has 1 heterocycles. The summed E-state index contributed by atoms with van der Waals surface area (Å²) in [5.74, 6) is -0.394. The highest BCUT2D eigenvalue weighted by atomic mass is 16.6. The minimum atomic E-state index is -0.579. The van der Waals surface area contributed by atoms with E-state index in [0.29, 0.717) is 0 Å². The molecule has 3 heteroatoms. The molecule has 0 aromatic heterocycles. The first-order chi connectivity index (χ1) is 7.22. The van der Waals surface area contributed by atoms with Crippen molar-refractivity contribution in [3.63, 3.8) is 0 Å². The molecule has 0 N–H and O–H groups in total. The Labute approximate surface area is 89.1 Å². The Morgan fingerprint density at radius 1 is 1.27 bits per heavy atom. The molecule has 1 atom stereocenters. The summed E-state index contributed by atoms with van der Waals surface area (Å²) in [6.45, 7) is 3.75. The normalized spacial score (nSPS) is 23.1. The van der Waals surface area contributed by atoms with Gasteiger partial charge in [0.2, 0.25) is 0 Å². The average Bonchev–Trinajstić information content (AvgIpc) is 2.65. The molecule has 0 amide bonds. The van der Waals surface area contributed by atoms with Crippen LogP contribution in [0.25, 0.3) is 0 Å². The van der Waals surface area contributed by atoms with Crippen LogP contribution in [0.15, 0.2) is 37.0 Å². The van der Waals surface area contributed by atoms with E-state index >= 15 is 0 Å². The second-order valence-corrected chi connectivity index (χ2v) is 3.35.